The Hall–Kier alpha value is -2.24. The molecule has 1 aromatic heterocycles. The van der Waals surface area contributed by atoms with Gasteiger partial charge in [0.25, 0.3) is 0 Å². The Kier molecular flexibility index (Phi) is 2.86. The highest BCUT2D eigenvalue weighted by Gasteiger charge is 2.25. The molecule has 1 aromatic rings. The first-order valence-electron chi connectivity index (χ1n) is 5.08. The Labute approximate surface area is 97.1 Å². The van der Waals surface area contributed by atoms with Crippen LogP contribution in [0.3, 0.4) is 0 Å². The van der Waals surface area contributed by atoms with E-state index in [4.69, 9.17) is 14.6 Å². The van der Waals surface area contributed by atoms with Gasteiger partial charge in [-0.15, -0.1) is 0 Å². The van der Waals surface area contributed by atoms with Crippen LogP contribution in [0.1, 0.15) is 33.5 Å². The first kappa shape index (κ1) is 11.3. The predicted molar refractivity (Wildman–Crippen MR) is 57.5 cm³/mol. The van der Waals surface area contributed by atoms with Crippen LogP contribution in [-0.4, -0.2) is 28.2 Å². The topological polar surface area (TPSA) is 77.8 Å². The zero-order valence-electron chi connectivity index (χ0n) is 9.17. The Bertz CT molecular complexity index is 500. The number of fused-ring (bicyclic) bond motifs is 1. The van der Waals surface area contributed by atoms with Gasteiger partial charge in [-0.05, 0) is 13.0 Å². The van der Waals surface area contributed by atoms with Gasteiger partial charge in [0.05, 0.1) is 17.9 Å². The molecule has 1 N–H and O–H groups in total. The van der Waals surface area contributed by atoms with Crippen LogP contribution in [0.15, 0.2) is 12.3 Å². The number of hydrogen-bond donors (Lipinski definition) is 1. The largest absolute Gasteiger partial charge is 0.493 e. The Balaban J connectivity index is 2.50. The van der Waals surface area contributed by atoms with E-state index in [0.717, 1.165) is 0 Å². The fourth-order valence-corrected chi connectivity index (χ4v) is 1.66. The molecule has 0 radical (unpaired) electrons. The molecule has 90 valence electrons. The molecule has 0 atom stereocenters. The van der Waals surface area contributed by atoms with E-state index in [1.165, 1.54) is 23.1 Å². The maximum Gasteiger partial charge on any atom is 0.352 e. The van der Waals surface area contributed by atoms with Crippen molar-refractivity contribution in [1.82, 2.24) is 4.57 Å². The molecule has 0 aliphatic carbocycles. The van der Waals surface area contributed by atoms with Crippen molar-refractivity contribution in [3.05, 3.63) is 29.3 Å². The quantitative estimate of drug-likeness (QED) is 0.802. The second kappa shape index (κ2) is 4.32. The maximum atomic E-state index is 11.6. The van der Waals surface area contributed by atoms with E-state index < -0.39 is 11.9 Å². The molecule has 0 unspecified atom stereocenters. The number of carbonyl (C=O) groups is 2. The van der Waals surface area contributed by atoms with Crippen LogP contribution >= 0.6 is 0 Å². The zero-order valence-corrected chi connectivity index (χ0v) is 9.17. The summed E-state index contributed by atoms with van der Waals surface area (Å²) in [6.45, 7) is 2.08. The average molecular weight is 237 g/mol. The molecule has 2 rings (SSSR count). The minimum atomic E-state index is -1.10. The summed E-state index contributed by atoms with van der Waals surface area (Å²) in [6.07, 6.45) is 2.85. The van der Waals surface area contributed by atoms with Gasteiger partial charge >= 0.3 is 11.9 Å². The van der Waals surface area contributed by atoms with Gasteiger partial charge < -0.3 is 19.1 Å². The van der Waals surface area contributed by atoms with Gasteiger partial charge in [-0.1, -0.05) is 0 Å². The number of aromatic carboxylic acids is 1. The molecule has 0 spiro atoms. The number of esters is 1. The molecule has 0 aromatic carbocycles. The lowest BCUT2D eigenvalue weighted by Gasteiger charge is -2.12. The number of hydrogen-bond acceptors (Lipinski definition) is 4. The highest BCUT2D eigenvalue weighted by molar-refractivity contribution is 5.96. The molecule has 0 saturated heterocycles. The minimum absolute atomic E-state index is 0.0163. The molecule has 0 amide bonds. The number of rotatable bonds is 3. The Morgan fingerprint density at radius 1 is 1.59 bits per heavy atom. The normalized spacial score (nSPS) is 12.8. The van der Waals surface area contributed by atoms with Gasteiger partial charge in [-0.25, -0.2) is 9.59 Å². The molecule has 0 bridgehead atoms. The van der Waals surface area contributed by atoms with E-state index in [1.54, 1.807) is 6.92 Å². The van der Waals surface area contributed by atoms with Gasteiger partial charge in [0, 0.05) is 6.20 Å². The second-order valence-corrected chi connectivity index (χ2v) is 3.38. The van der Waals surface area contributed by atoms with Crippen molar-refractivity contribution in [3.8, 4) is 0 Å². The Morgan fingerprint density at radius 3 is 3.00 bits per heavy atom. The van der Waals surface area contributed by atoms with Gasteiger partial charge in [0.15, 0.2) is 0 Å². The summed E-state index contributed by atoms with van der Waals surface area (Å²) in [5, 5.41) is 9.02. The van der Waals surface area contributed by atoms with E-state index in [0.29, 0.717) is 5.69 Å². The molecule has 17 heavy (non-hydrogen) atoms. The van der Waals surface area contributed by atoms with Crippen LogP contribution < -0.4 is 0 Å². The lowest BCUT2D eigenvalue weighted by molar-refractivity contribution is 0.0521. The molecule has 1 aliphatic rings. The third-order valence-electron chi connectivity index (χ3n) is 2.38. The van der Waals surface area contributed by atoms with Crippen LogP contribution in [0, 0.1) is 0 Å². The third kappa shape index (κ3) is 1.89. The second-order valence-electron chi connectivity index (χ2n) is 3.38. The third-order valence-corrected chi connectivity index (χ3v) is 2.38. The van der Waals surface area contributed by atoms with Crippen LogP contribution in [0.4, 0.5) is 0 Å². The van der Waals surface area contributed by atoms with Gasteiger partial charge in [0.2, 0.25) is 0 Å². The van der Waals surface area contributed by atoms with E-state index in [-0.39, 0.29) is 24.5 Å². The van der Waals surface area contributed by atoms with Crippen LogP contribution in [0.2, 0.25) is 0 Å². The summed E-state index contributed by atoms with van der Waals surface area (Å²) >= 11 is 0. The van der Waals surface area contributed by atoms with E-state index >= 15 is 0 Å². The monoisotopic (exact) mass is 237 g/mol. The standard InChI is InChI=1S/C11H11NO5/c1-2-17-11(15)7-5-8(10(13)14)12-3-4-16-6-9(7)12/h3-5H,2,6H2,1H3,(H,13,14). The van der Waals surface area contributed by atoms with Crippen molar-refractivity contribution < 1.29 is 24.2 Å². The number of nitrogens with zero attached hydrogens (tertiary/aromatic N) is 1. The smallest absolute Gasteiger partial charge is 0.352 e. The highest BCUT2D eigenvalue weighted by atomic mass is 16.5. The molecule has 0 saturated carbocycles. The molecule has 2 heterocycles. The van der Waals surface area contributed by atoms with E-state index in [2.05, 4.69) is 0 Å². The van der Waals surface area contributed by atoms with Gasteiger partial charge in [-0.2, -0.15) is 0 Å². The van der Waals surface area contributed by atoms with Crippen LogP contribution in [0.25, 0.3) is 6.20 Å². The first-order valence-corrected chi connectivity index (χ1v) is 5.08. The fourth-order valence-electron chi connectivity index (χ4n) is 1.66. The molecular formula is C11H11NO5. The summed E-state index contributed by atoms with van der Waals surface area (Å²) in [5.74, 6) is -1.64. The Morgan fingerprint density at radius 2 is 2.35 bits per heavy atom. The first-order chi connectivity index (χ1) is 8.15. The summed E-state index contributed by atoms with van der Waals surface area (Å²) in [4.78, 5) is 22.7. The van der Waals surface area contributed by atoms with E-state index in [1.807, 2.05) is 0 Å². The summed E-state index contributed by atoms with van der Waals surface area (Å²) in [7, 11) is 0. The van der Waals surface area contributed by atoms with Crippen molar-refractivity contribution in [2.45, 2.75) is 13.5 Å². The van der Waals surface area contributed by atoms with Crippen molar-refractivity contribution in [3.63, 3.8) is 0 Å². The SMILES string of the molecule is CCOC(=O)c1cc(C(=O)O)n2c1COC=C2. The number of aromatic nitrogens is 1. The summed E-state index contributed by atoms with van der Waals surface area (Å²) < 4.78 is 11.3. The number of carboxylic acids is 1. The number of carboxylic acid groups (broad SMARTS) is 1. The van der Waals surface area contributed by atoms with Crippen molar-refractivity contribution in [2.75, 3.05) is 6.61 Å². The summed E-state index contributed by atoms with van der Waals surface area (Å²) in [6, 6.07) is 1.30. The van der Waals surface area contributed by atoms with Crippen LogP contribution in [0.5, 0.6) is 0 Å². The lowest BCUT2D eigenvalue weighted by atomic mass is 10.2. The van der Waals surface area contributed by atoms with Gasteiger partial charge in [-0.3, -0.25) is 0 Å². The predicted octanol–water partition coefficient (Wildman–Crippen LogP) is 1.32. The molecule has 0 fully saturated rings. The molecular weight excluding hydrogens is 226 g/mol. The fraction of sp³-hybridized carbons (Fsp3) is 0.273. The van der Waals surface area contributed by atoms with Crippen molar-refractivity contribution >= 4 is 18.1 Å². The summed E-state index contributed by atoms with van der Waals surface area (Å²) in [5.41, 5.74) is 0.736. The average Bonchev–Trinajstić information content (AvgIpc) is 2.69. The number of carbonyl (C=O) groups excluding carboxylic acids is 1. The van der Waals surface area contributed by atoms with Crippen molar-refractivity contribution in [2.24, 2.45) is 0 Å². The zero-order chi connectivity index (χ0) is 12.4. The molecule has 6 heteroatoms. The molecule has 6 nitrogen and oxygen atoms in total. The van der Waals surface area contributed by atoms with Gasteiger partial charge in [0.1, 0.15) is 18.6 Å². The van der Waals surface area contributed by atoms with Crippen LogP contribution in [-0.2, 0) is 16.1 Å². The minimum Gasteiger partial charge on any atom is -0.493 e. The maximum absolute atomic E-state index is 11.6. The lowest BCUT2D eigenvalue weighted by Crippen LogP contribution is -2.12. The van der Waals surface area contributed by atoms with E-state index in [9.17, 15) is 9.59 Å². The molecule has 1 aliphatic heterocycles. The van der Waals surface area contributed by atoms with Crippen molar-refractivity contribution in [1.29, 1.82) is 0 Å². The number of ether oxygens (including phenoxy) is 2. The highest BCUT2D eigenvalue weighted by Crippen LogP contribution is 2.22.